The molecule has 20 heavy (non-hydrogen) atoms. The minimum Gasteiger partial charge on any atom is -0.465 e. The summed E-state index contributed by atoms with van der Waals surface area (Å²) in [6.45, 7) is 1.42. The minimum absolute atomic E-state index is 0.0131. The summed E-state index contributed by atoms with van der Waals surface area (Å²) < 4.78 is 15.5. The molecule has 0 radical (unpaired) electrons. The van der Waals surface area contributed by atoms with Gasteiger partial charge in [-0.25, -0.2) is 4.79 Å². The van der Waals surface area contributed by atoms with Crippen LogP contribution in [0.25, 0.3) is 0 Å². The molecule has 0 aromatic heterocycles. The fraction of sp³-hybridized carbons (Fsp3) is 0.500. The van der Waals surface area contributed by atoms with Gasteiger partial charge in [0.15, 0.2) is 0 Å². The Bertz CT molecular complexity index is 480. The highest BCUT2D eigenvalue weighted by atomic mass is 16.5. The molecular weight excluding hydrogens is 260 g/mol. The summed E-state index contributed by atoms with van der Waals surface area (Å²) in [5.74, 6) is -0.435. The normalized spacial score (nSPS) is 22.1. The average Bonchev–Trinajstić information content (AvgIpc) is 2.90. The Labute approximate surface area is 118 Å². The third-order valence-electron chi connectivity index (χ3n) is 3.63. The van der Waals surface area contributed by atoms with Gasteiger partial charge in [-0.15, -0.1) is 0 Å². The molecule has 1 saturated heterocycles. The van der Waals surface area contributed by atoms with Gasteiger partial charge in [-0.2, -0.15) is 0 Å². The quantitative estimate of drug-likeness (QED) is 0.652. The molecule has 1 heterocycles. The standard InChI is InChI=1S/C14H20N2O4/c1-18-12-7-16(8-13(12)19-2)9-4-5-11(15)10(6-9)14(17)20-3/h4-6,12-13H,7-8,15H2,1-3H3. The Morgan fingerprint density at radius 3 is 2.30 bits per heavy atom. The molecule has 2 atom stereocenters. The van der Waals surface area contributed by atoms with E-state index in [9.17, 15) is 4.79 Å². The predicted molar refractivity (Wildman–Crippen MR) is 76.0 cm³/mol. The Balaban J connectivity index is 2.24. The second-order valence-corrected chi connectivity index (χ2v) is 4.72. The average molecular weight is 280 g/mol. The predicted octanol–water partition coefficient (Wildman–Crippen LogP) is 0.905. The number of hydrogen-bond acceptors (Lipinski definition) is 6. The molecule has 2 unspecified atom stereocenters. The number of methoxy groups -OCH3 is 3. The Morgan fingerprint density at radius 2 is 1.80 bits per heavy atom. The number of esters is 1. The fourth-order valence-corrected chi connectivity index (χ4v) is 2.44. The number of carbonyl (C=O) groups is 1. The van der Waals surface area contributed by atoms with Crippen LogP contribution >= 0.6 is 0 Å². The number of rotatable bonds is 4. The monoisotopic (exact) mass is 280 g/mol. The van der Waals surface area contributed by atoms with Crippen molar-refractivity contribution in [3.63, 3.8) is 0 Å². The van der Waals surface area contributed by atoms with Gasteiger partial charge in [0.1, 0.15) is 12.2 Å². The maximum atomic E-state index is 11.7. The van der Waals surface area contributed by atoms with Crippen molar-refractivity contribution in [2.45, 2.75) is 12.2 Å². The van der Waals surface area contributed by atoms with Crippen molar-refractivity contribution in [3.8, 4) is 0 Å². The highest BCUT2D eigenvalue weighted by molar-refractivity contribution is 5.96. The molecule has 1 aromatic carbocycles. The lowest BCUT2D eigenvalue weighted by atomic mass is 10.1. The van der Waals surface area contributed by atoms with Gasteiger partial charge in [0.05, 0.1) is 12.7 Å². The number of ether oxygens (including phenoxy) is 3. The van der Waals surface area contributed by atoms with Crippen LogP contribution in [-0.2, 0) is 14.2 Å². The second-order valence-electron chi connectivity index (χ2n) is 4.72. The first-order chi connectivity index (χ1) is 9.60. The zero-order chi connectivity index (χ0) is 14.7. The van der Waals surface area contributed by atoms with Crippen LogP contribution in [-0.4, -0.2) is 52.6 Å². The second kappa shape index (κ2) is 6.11. The maximum absolute atomic E-state index is 11.7. The summed E-state index contributed by atoms with van der Waals surface area (Å²) in [6.07, 6.45) is 0.0262. The van der Waals surface area contributed by atoms with Gasteiger partial charge < -0.3 is 24.8 Å². The number of nitrogen functional groups attached to an aromatic ring is 1. The fourth-order valence-electron chi connectivity index (χ4n) is 2.44. The zero-order valence-electron chi connectivity index (χ0n) is 12.0. The first-order valence-electron chi connectivity index (χ1n) is 6.39. The third kappa shape index (κ3) is 2.71. The lowest BCUT2D eigenvalue weighted by molar-refractivity contribution is -0.00461. The molecule has 2 N–H and O–H groups in total. The van der Waals surface area contributed by atoms with E-state index < -0.39 is 5.97 Å². The Hall–Kier alpha value is -1.79. The van der Waals surface area contributed by atoms with Crippen LogP contribution in [0.3, 0.4) is 0 Å². The first-order valence-corrected chi connectivity index (χ1v) is 6.39. The van der Waals surface area contributed by atoms with Crippen molar-refractivity contribution in [1.29, 1.82) is 0 Å². The van der Waals surface area contributed by atoms with Gasteiger partial charge >= 0.3 is 5.97 Å². The van der Waals surface area contributed by atoms with E-state index >= 15 is 0 Å². The molecule has 0 amide bonds. The van der Waals surface area contributed by atoms with Crippen molar-refractivity contribution in [3.05, 3.63) is 23.8 Å². The number of nitrogens with zero attached hydrogens (tertiary/aromatic N) is 1. The van der Waals surface area contributed by atoms with E-state index in [4.69, 9.17) is 19.9 Å². The molecule has 1 aliphatic heterocycles. The van der Waals surface area contributed by atoms with Crippen molar-refractivity contribution in [1.82, 2.24) is 0 Å². The van der Waals surface area contributed by atoms with Crippen LogP contribution in [0, 0.1) is 0 Å². The van der Waals surface area contributed by atoms with E-state index in [1.165, 1.54) is 7.11 Å². The highest BCUT2D eigenvalue weighted by Crippen LogP contribution is 2.27. The molecule has 0 saturated carbocycles. The molecule has 1 aromatic rings. The van der Waals surface area contributed by atoms with Crippen LogP contribution in [0.2, 0.25) is 0 Å². The summed E-state index contributed by atoms with van der Waals surface area (Å²) in [4.78, 5) is 13.8. The number of carbonyl (C=O) groups excluding carboxylic acids is 1. The van der Waals surface area contributed by atoms with Gasteiger partial charge in [-0.3, -0.25) is 0 Å². The molecule has 0 aliphatic carbocycles. The van der Waals surface area contributed by atoms with Gasteiger partial charge in [-0.1, -0.05) is 0 Å². The number of anilines is 2. The summed E-state index contributed by atoms with van der Waals surface area (Å²) >= 11 is 0. The summed E-state index contributed by atoms with van der Waals surface area (Å²) in [6, 6.07) is 5.34. The van der Waals surface area contributed by atoms with E-state index in [-0.39, 0.29) is 12.2 Å². The highest BCUT2D eigenvalue weighted by Gasteiger charge is 2.33. The SMILES string of the molecule is COC(=O)c1cc(N2CC(OC)C(OC)C2)ccc1N. The van der Waals surface area contributed by atoms with E-state index in [1.807, 2.05) is 6.07 Å². The Morgan fingerprint density at radius 1 is 1.20 bits per heavy atom. The van der Waals surface area contributed by atoms with Crippen LogP contribution in [0.4, 0.5) is 11.4 Å². The smallest absolute Gasteiger partial charge is 0.340 e. The zero-order valence-corrected chi connectivity index (χ0v) is 12.0. The topological polar surface area (TPSA) is 74.0 Å². The molecule has 1 fully saturated rings. The number of nitrogens with two attached hydrogens (primary N) is 1. The maximum Gasteiger partial charge on any atom is 0.340 e. The van der Waals surface area contributed by atoms with Gasteiger partial charge in [0.2, 0.25) is 0 Å². The van der Waals surface area contributed by atoms with Gasteiger partial charge in [-0.05, 0) is 18.2 Å². The molecule has 0 spiro atoms. The van der Waals surface area contributed by atoms with Crippen molar-refractivity contribution in [2.24, 2.45) is 0 Å². The molecular formula is C14H20N2O4. The molecule has 2 rings (SSSR count). The van der Waals surface area contributed by atoms with Crippen LogP contribution in [0.1, 0.15) is 10.4 Å². The van der Waals surface area contributed by atoms with Crippen molar-refractivity contribution < 1.29 is 19.0 Å². The summed E-state index contributed by atoms with van der Waals surface area (Å²) in [7, 11) is 4.68. The third-order valence-corrected chi connectivity index (χ3v) is 3.63. The van der Waals surface area contributed by atoms with Crippen molar-refractivity contribution >= 4 is 17.3 Å². The summed E-state index contributed by atoms with van der Waals surface area (Å²) in [5.41, 5.74) is 7.49. The van der Waals surface area contributed by atoms with Crippen LogP contribution < -0.4 is 10.6 Å². The molecule has 6 nitrogen and oxygen atoms in total. The lowest BCUT2D eigenvalue weighted by Gasteiger charge is -2.19. The largest absolute Gasteiger partial charge is 0.465 e. The molecule has 1 aliphatic rings. The van der Waals surface area contributed by atoms with E-state index in [0.29, 0.717) is 24.3 Å². The summed E-state index contributed by atoms with van der Waals surface area (Å²) in [5, 5.41) is 0. The first kappa shape index (κ1) is 14.6. The van der Waals surface area contributed by atoms with E-state index in [0.717, 1.165) is 5.69 Å². The molecule has 0 bridgehead atoms. The van der Waals surface area contributed by atoms with E-state index in [1.54, 1.807) is 26.4 Å². The molecule has 6 heteroatoms. The Kier molecular flexibility index (Phi) is 4.46. The van der Waals surface area contributed by atoms with Crippen molar-refractivity contribution in [2.75, 3.05) is 45.1 Å². The minimum atomic E-state index is -0.435. The van der Waals surface area contributed by atoms with E-state index in [2.05, 4.69) is 4.90 Å². The van der Waals surface area contributed by atoms with Gasteiger partial charge in [0.25, 0.3) is 0 Å². The van der Waals surface area contributed by atoms with Crippen LogP contribution in [0.15, 0.2) is 18.2 Å². The number of hydrogen-bond donors (Lipinski definition) is 1. The van der Waals surface area contributed by atoms with Crippen LogP contribution in [0.5, 0.6) is 0 Å². The van der Waals surface area contributed by atoms with Gasteiger partial charge in [0, 0.05) is 38.7 Å². The lowest BCUT2D eigenvalue weighted by Crippen LogP contribution is -2.27. The molecule has 110 valence electrons. The number of benzene rings is 1.